The van der Waals surface area contributed by atoms with E-state index < -0.39 is 0 Å². The summed E-state index contributed by atoms with van der Waals surface area (Å²) in [5.41, 5.74) is 5.06. The maximum Gasteiger partial charge on any atom is 0.119 e. The SMILES string of the molecule is Oc1cccc2c1Cc1c(O)ccc(N=Nc3ccc(Cl)cc3)c1C2. The van der Waals surface area contributed by atoms with E-state index in [0.29, 0.717) is 23.6 Å². The molecule has 0 saturated heterocycles. The van der Waals surface area contributed by atoms with Crippen molar-refractivity contribution in [2.75, 3.05) is 0 Å². The molecule has 3 aromatic rings. The van der Waals surface area contributed by atoms with Gasteiger partial charge in [0.2, 0.25) is 0 Å². The van der Waals surface area contributed by atoms with Gasteiger partial charge in [-0.15, -0.1) is 0 Å². The first kappa shape index (κ1) is 15.7. The van der Waals surface area contributed by atoms with Crippen LogP contribution in [0.3, 0.4) is 0 Å². The van der Waals surface area contributed by atoms with Crippen molar-refractivity contribution in [3.05, 3.63) is 81.9 Å². The normalized spacial score (nSPS) is 12.8. The second kappa shape index (κ2) is 6.22. The maximum atomic E-state index is 10.2. The molecule has 0 bridgehead atoms. The zero-order valence-corrected chi connectivity index (χ0v) is 14.0. The number of nitrogens with zero attached hydrogens (tertiary/aromatic N) is 2. The van der Waals surface area contributed by atoms with Crippen LogP contribution in [0.25, 0.3) is 0 Å². The highest BCUT2D eigenvalue weighted by molar-refractivity contribution is 6.30. The molecule has 4 nitrogen and oxygen atoms in total. The number of phenolic OH excluding ortho intramolecular Hbond substituents is 2. The molecular weight excluding hydrogens is 336 g/mol. The maximum absolute atomic E-state index is 10.2. The van der Waals surface area contributed by atoms with Crippen LogP contribution in [0.15, 0.2) is 64.8 Å². The molecule has 1 aliphatic rings. The Hall–Kier alpha value is -2.85. The summed E-state index contributed by atoms with van der Waals surface area (Å²) in [6, 6.07) is 16.0. The van der Waals surface area contributed by atoms with E-state index in [1.165, 1.54) is 0 Å². The molecular formula is C20H15ClN2O2. The molecule has 0 aromatic heterocycles. The predicted molar refractivity (Wildman–Crippen MR) is 97.5 cm³/mol. The lowest BCUT2D eigenvalue weighted by Gasteiger charge is -2.22. The zero-order chi connectivity index (χ0) is 17.4. The van der Waals surface area contributed by atoms with Gasteiger partial charge in [-0.25, -0.2) is 0 Å². The summed E-state index contributed by atoms with van der Waals surface area (Å²) in [5, 5.41) is 29.6. The van der Waals surface area contributed by atoms with Gasteiger partial charge in [-0.05, 0) is 53.6 Å². The van der Waals surface area contributed by atoms with Gasteiger partial charge in [0.05, 0.1) is 11.4 Å². The Kier molecular flexibility index (Phi) is 3.90. The van der Waals surface area contributed by atoms with Crippen molar-refractivity contribution in [2.45, 2.75) is 12.8 Å². The van der Waals surface area contributed by atoms with Gasteiger partial charge < -0.3 is 10.2 Å². The van der Waals surface area contributed by atoms with Gasteiger partial charge in [-0.1, -0.05) is 23.7 Å². The van der Waals surface area contributed by atoms with Crippen molar-refractivity contribution in [1.82, 2.24) is 0 Å². The minimum absolute atomic E-state index is 0.217. The van der Waals surface area contributed by atoms with Gasteiger partial charge in [0.15, 0.2) is 0 Å². The summed E-state index contributed by atoms with van der Waals surface area (Å²) in [6.45, 7) is 0. The van der Waals surface area contributed by atoms with Crippen LogP contribution in [0, 0.1) is 0 Å². The van der Waals surface area contributed by atoms with E-state index in [4.69, 9.17) is 11.6 Å². The average molecular weight is 351 g/mol. The van der Waals surface area contributed by atoms with E-state index in [0.717, 1.165) is 27.9 Å². The van der Waals surface area contributed by atoms with Gasteiger partial charge in [0, 0.05) is 29.0 Å². The molecule has 25 heavy (non-hydrogen) atoms. The second-order valence-electron chi connectivity index (χ2n) is 6.01. The largest absolute Gasteiger partial charge is 0.508 e. The zero-order valence-electron chi connectivity index (χ0n) is 13.3. The second-order valence-corrected chi connectivity index (χ2v) is 6.44. The third kappa shape index (κ3) is 2.96. The van der Waals surface area contributed by atoms with E-state index in [2.05, 4.69) is 10.2 Å². The van der Waals surface area contributed by atoms with Crippen LogP contribution in [-0.4, -0.2) is 10.2 Å². The molecule has 3 aromatic carbocycles. The summed E-state index contributed by atoms with van der Waals surface area (Å²) >= 11 is 5.88. The van der Waals surface area contributed by atoms with E-state index in [1.54, 1.807) is 42.5 Å². The Labute approximate surface area is 150 Å². The van der Waals surface area contributed by atoms with Crippen LogP contribution in [0.4, 0.5) is 11.4 Å². The van der Waals surface area contributed by atoms with Crippen LogP contribution in [0.2, 0.25) is 5.02 Å². The van der Waals surface area contributed by atoms with Gasteiger partial charge in [0.1, 0.15) is 11.5 Å². The summed E-state index contributed by atoms with van der Waals surface area (Å²) < 4.78 is 0. The van der Waals surface area contributed by atoms with Crippen molar-refractivity contribution in [3.8, 4) is 11.5 Å². The highest BCUT2D eigenvalue weighted by Gasteiger charge is 2.23. The highest BCUT2D eigenvalue weighted by Crippen LogP contribution is 2.40. The van der Waals surface area contributed by atoms with E-state index in [9.17, 15) is 10.2 Å². The van der Waals surface area contributed by atoms with Crippen molar-refractivity contribution in [1.29, 1.82) is 0 Å². The van der Waals surface area contributed by atoms with Gasteiger partial charge in [0.25, 0.3) is 0 Å². The number of benzene rings is 3. The van der Waals surface area contributed by atoms with E-state index in [-0.39, 0.29) is 11.5 Å². The summed E-state index contributed by atoms with van der Waals surface area (Å²) in [6.07, 6.45) is 1.08. The van der Waals surface area contributed by atoms with Gasteiger partial charge in [-0.2, -0.15) is 10.2 Å². The average Bonchev–Trinajstić information content (AvgIpc) is 2.62. The fourth-order valence-electron chi connectivity index (χ4n) is 3.13. The molecule has 2 N–H and O–H groups in total. The number of azo groups is 1. The molecule has 124 valence electrons. The first-order valence-corrected chi connectivity index (χ1v) is 8.30. The van der Waals surface area contributed by atoms with Crippen LogP contribution >= 0.6 is 11.6 Å². The lowest BCUT2D eigenvalue weighted by atomic mass is 9.84. The first-order chi connectivity index (χ1) is 12.1. The molecule has 0 saturated carbocycles. The Bertz CT molecular complexity index is 982. The molecule has 0 amide bonds. The minimum Gasteiger partial charge on any atom is -0.508 e. The van der Waals surface area contributed by atoms with Crippen molar-refractivity contribution < 1.29 is 10.2 Å². The number of hydrogen-bond acceptors (Lipinski definition) is 4. The molecule has 0 atom stereocenters. The molecule has 1 aliphatic carbocycles. The number of aromatic hydroxyl groups is 2. The van der Waals surface area contributed by atoms with Crippen molar-refractivity contribution in [2.24, 2.45) is 10.2 Å². The monoisotopic (exact) mass is 350 g/mol. The summed E-state index contributed by atoms with van der Waals surface area (Å²) in [4.78, 5) is 0. The lowest BCUT2D eigenvalue weighted by Crippen LogP contribution is -2.08. The summed E-state index contributed by atoms with van der Waals surface area (Å²) in [5.74, 6) is 0.477. The standard InChI is InChI=1S/C20H15ClN2O2/c21-13-4-6-14(7-5-13)22-23-18-8-9-20(25)17-11-15-12(10-16(17)18)2-1-3-19(15)24/h1-9,24-25H,10-11H2. The van der Waals surface area contributed by atoms with Crippen LogP contribution in [0.5, 0.6) is 11.5 Å². The molecule has 5 heteroatoms. The van der Waals surface area contributed by atoms with Crippen molar-refractivity contribution >= 4 is 23.0 Å². The molecule has 0 fully saturated rings. The predicted octanol–water partition coefficient (Wildman–Crippen LogP) is 5.66. The number of fused-ring (bicyclic) bond motifs is 2. The first-order valence-electron chi connectivity index (χ1n) is 7.92. The number of hydrogen-bond donors (Lipinski definition) is 2. The van der Waals surface area contributed by atoms with Gasteiger partial charge in [-0.3, -0.25) is 0 Å². The number of rotatable bonds is 2. The number of halogens is 1. The smallest absolute Gasteiger partial charge is 0.119 e. The fraction of sp³-hybridized carbons (Fsp3) is 0.100. The van der Waals surface area contributed by atoms with E-state index >= 15 is 0 Å². The molecule has 0 unspecified atom stereocenters. The lowest BCUT2D eigenvalue weighted by molar-refractivity contribution is 0.460. The molecule has 0 heterocycles. The minimum atomic E-state index is 0.217. The Morgan fingerprint density at radius 2 is 1.48 bits per heavy atom. The summed E-state index contributed by atoms with van der Waals surface area (Å²) in [7, 11) is 0. The Balaban J connectivity index is 1.74. The highest BCUT2D eigenvalue weighted by atomic mass is 35.5. The molecule has 0 spiro atoms. The van der Waals surface area contributed by atoms with Crippen LogP contribution in [0.1, 0.15) is 22.3 Å². The fourth-order valence-corrected chi connectivity index (χ4v) is 3.26. The third-order valence-corrected chi connectivity index (χ3v) is 4.70. The Morgan fingerprint density at radius 1 is 0.720 bits per heavy atom. The topological polar surface area (TPSA) is 65.2 Å². The Morgan fingerprint density at radius 3 is 2.28 bits per heavy atom. The quantitative estimate of drug-likeness (QED) is 0.458. The van der Waals surface area contributed by atoms with E-state index in [1.807, 2.05) is 12.1 Å². The molecule has 0 aliphatic heterocycles. The van der Waals surface area contributed by atoms with Crippen molar-refractivity contribution in [3.63, 3.8) is 0 Å². The molecule has 4 rings (SSSR count). The van der Waals surface area contributed by atoms with Crippen LogP contribution < -0.4 is 0 Å². The number of phenols is 2. The third-order valence-electron chi connectivity index (χ3n) is 4.45. The van der Waals surface area contributed by atoms with Gasteiger partial charge >= 0.3 is 0 Å². The van der Waals surface area contributed by atoms with Crippen LogP contribution in [-0.2, 0) is 12.8 Å². The molecule has 0 radical (unpaired) electrons.